The number of aromatic nitrogens is 2. The van der Waals surface area contributed by atoms with Crippen molar-refractivity contribution in [2.45, 2.75) is 32.0 Å². The molecule has 0 bridgehead atoms. The van der Waals surface area contributed by atoms with Gasteiger partial charge in [0.15, 0.2) is 0 Å². The molecule has 1 saturated heterocycles. The molecule has 0 amide bonds. The van der Waals surface area contributed by atoms with Crippen LogP contribution < -0.4 is 16.2 Å². The normalized spacial score (nSPS) is 25.5. The van der Waals surface area contributed by atoms with E-state index < -0.39 is 0 Å². The summed E-state index contributed by atoms with van der Waals surface area (Å²) in [5.74, 6) is 0. The second-order valence-electron chi connectivity index (χ2n) is 4.35. The van der Waals surface area contributed by atoms with Crippen LogP contribution in [0.3, 0.4) is 0 Å². The Morgan fingerprint density at radius 1 is 1.27 bits per heavy atom. The molecule has 5 heteroatoms. The predicted molar refractivity (Wildman–Crippen MR) is 56.7 cm³/mol. The minimum atomic E-state index is 0.170. The van der Waals surface area contributed by atoms with Crippen LogP contribution in [-0.4, -0.2) is 22.9 Å². The topological polar surface area (TPSA) is 61.9 Å². The zero-order valence-corrected chi connectivity index (χ0v) is 8.68. The molecule has 1 aromatic heterocycles. The molecule has 15 heavy (non-hydrogen) atoms. The Labute approximate surface area is 87.8 Å². The van der Waals surface area contributed by atoms with Crippen LogP contribution in [0, 0.1) is 0 Å². The number of piperidine rings is 1. The smallest absolute Gasteiger partial charge is 0.271 e. The summed E-state index contributed by atoms with van der Waals surface area (Å²) in [4.78, 5) is 12.0. The van der Waals surface area contributed by atoms with Crippen molar-refractivity contribution in [3.8, 4) is 0 Å². The highest BCUT2D eigenvalue weighted by Gasteiger charge is 2.23. The van der Waals surface area contributed by atoms with Gasteiger partial charge in [0.2, 0.25) is 0 Å². The largest absolute Gasteiger partial charge is 0.315 e. The van der Waals surface area contributed by atoms with Crippen molar-refractivity contribution in [2.24, 2.45) is 0 Å². The van der Waals surface area contributed by atoms with E-state index in [9.17, 15) is 4.79 Å². The highest BCUT2D eigenvalue weighted by Crippen LogP contribution is 2.16. The molecule has 1 atom stereocenters. The molecule has 1 unspecified atom stereocenters. The maximum absolute atomic E-state index is 12.0. The Bertz CT molecular complexity index is 414. The van der Waals surface area contributed by atoms with Gasteiger partial charge in [-0.15, -0.1) is 0 Å². The number of nitrogens with zero attached hydrogens (tertiary/aromatic N) is 1. The summed E-state index contributed by atoms with van der Waals surface area (Å²) in [6.45, 7) is 3.51. The molecule has 2 aliphatic heterocycles. The molecule has 3 heterocycles. The van der Waals surface area contributed by atoms with Crippen LogP contribution in [0.2, 0.25) is 0 Å². The fourth-order valence-electron chi connectivity index (χ4n) is 2.49. The Morgan fingerprint density at radius 3 is 2.93 bits per heavy atom. The summed E-state index contributed by atoms with van der Waals surface area (Å²) in [5, 5.41) is 9.74. The lowest BCUT2D eigenvalue weighted by molar-refractivity contribution is 0.337. The molecule has 3 rings (SSSR count). The molecule has 1 fully saturated rings. The van der Waals surface area contributed by atoms with Gasteiger partial charge in [0, 0.05) is 19.6 Å². The minimum absolute atomic E-state index is 0.170. The third kappa shape index (κ3) is 1.42. The third-order valence-electron chi connectivity index (χ3n) is 3.34. The monoisotopic (exact) mass is 208 g/mol. The number of hydrogen-bond acceptors (Lipinski definition) is 3. The summed E-state index contributed by atoms with van der Waals surface area (Å²) in [5.41, 5.74) is 2.18. The average Bonchev–Trinajstić information content (AvgIpc) is 2.83. The first-order valence-electron chi connectivity index (χ1n) is 5.60. The Morgan fingerprint density at radius 2 is 2.20 bits per heavy atom. The number of H-pyrrole nitrogens is 1. The standard InChI is InChI=1S/C10H16N4O/c15-10-8-5-12-6-9(8)13-14(10)7-2-1-3-11-4-7/h7,11-13H,1-6H2. The molecule has 5 nitrogen and oxygen atoms in total. The summed E-state index contributed by atoms with van der Waals surface area (Å²) in [6, 6.07) is 0.317. The molecule has 0 aliphatic carbocycles. The van der Waals surface area contributed by atoms with Crippen LogP contribution in [0.15, 0.2) is 4.79 Å². The predicted octanol–water partition coefficient (Wildman–Crippen LogP) is -0.296. The quantitative estimate of drug-likeness (QED) is 0.594. The fraction of sp³-hybridized carbons (Fsp3) is 0.700. The Hall–Kier alpha value is -1.07. The van der Waals surface area contributed by atoms with E-state index in [4.69, 9.17) is 0 Å². The van der Waals surface area contributed by atoms with Gasteiger partial charge < -0.3 is 10.6 Å². The van der Waals surface area contributed by atoms with Crippen molar-refractivity contribution in [3.05, 3.63) is 21.6 Å². The first kappa shape index (κ1) is 9.18. The van der Waals surface area contributed by atoms with Crippen LogP contribution in [-0.2, 0) is 13.1 Å². The van der Waals surface area contributed by atoms with E-state index in [0.29, 0.717) is 6.04 Å². The van der Waals surface area contributed by atoms with Gasteiger partial charge >= 0.3 is 0 Å². The van der Waals surface area contributed by atoms with Crippen molar-refractivity contribution in [1.82, 2.24) is 20.4 Å². The van der Waals surface area contributed by atoms with Gasteiger partial charge in [-0.05, 0) is 19.4 Å². The molecule has 0 saturated carbocycles. The Kier molecular flexibility index (Phi) is 2.14. The lowest BCUT2D eigenvalue weighted by atomic mass is 10.1. The Balaban J connectivity index is 1.95. The van der Waals surface area contributed by atoms with Crippen LogP contribution in [0.4, 0.5) is 0 Å². The van der Waals surface area contributed by atoms with Crippen molar-refractivity contribution in [1.29, 1.82) is 0 Å². The molecule has 1 aromatic rings. The first-order valence-corrected chi connectivity index (χ1v) is 5.60. The van der Waals surface area contributed by atoms with Gasteiger partial charge in [-0.3, -0.25) is 9.89 Å². The number of rotatable bonds is 1. The highest BCUT2D eigenvalue weighted by molar-refractivity contribution is 5.21. The van der Waals surface area contributed by atoms with Crippen LogP contribution in [0.1, 0.15) is 30.1 Å². The molecule has 0 radical (unpaired) electrons. The van der Waals surface area contributed by atoms with E-state index in [0.717, 1.165) is 50.3 Å². The number of hydrogen-bond donors (Lipinski definition) is 3. The first-order chi connectivity index (χ1) is 7.36. The summed E-state index contributed by atoms with van der Waals surface area (Å²) < 4.78 is 1.82. The second-order valence-corrected chi connectivity index (χ2v) is 4.35. The van der Waals surface area contributed by atoms with Crippen molar-refractivity contribution in [3.63, 3.8) is 0 Å². The number of aromatic amines is 1. The fourth-order valence-corrected chi connectivity index (χ4v) is 2.49. The molecule has 3 N–H and O–H groups in total. The van der Waals surface area contributed by atoms with Gasteiger partial charge in [0.25, 0.3) is 5.56 Å². The highest BCUT2D eigenvalue weighted by atomic mass is 16.1. The van der Waals surface area contributed by atoms with Gasteiger partial charge in [-0.25, -0.2) is 4.68 Å². The lowest BCUT2D eigenvalue weighted by Crippen LogP contribution is -2.36. The molecular formula is C10H16N4O. The van der Waals surface area contributed by atoms with Crippen molar-refractivity contribution in [2.75, 3.05) is 13.1 Å². The minimum Gasteiger partial charge on any atom is -0.315 e. The number of nitrogens with one attached hydrogen (secondary N) is 3. The van der Waals surface area contributed by atoms with Gasteiger partial charge in [-0.2, -0.15) is 0 Å². The summed E-state index contributed by atoms with van der Waals surface area (Å²) >= 11 is 0. The molecule has 82 valence electrons. The molecule has 2 aliphatic rings. The van der Waals surface area contributed by atoms with E-state index in [-0.39, 0.29) is 5.56 Å². The van der Waals surface area contributed by atoms with E-state index in [1.807, 2.05) is 4.68 Å². The zero-order valence-electron chi connectivity index (χ0n) is 8.68. The molecule has 0 aromatic carbocycles. The van der Waals surface area contributed by atoms with Crippen LogP contribution >= 0.6 is 0 Å². The summed E-state index contributed by atoms with van der Waals surface area (Å²) in [7, 11) is 0. The maximum atomic E-state index is 12.0. The second kappa shape index (κ2) is 3.50. The third-order valence-corrected chi connectivity index (χ3v) is 3.34. The van der Waals surface area contributed by atoms with Crippen molar-refractivity contribution >= 4 is 0 Å². The van der Waals surface area contributed by atoms with Gasteiger partial charge in [0.05, 0.1) is 17.3 Å². The molecular weight excluding hydrogens is 192 g/mol. The van der Waals surface area contributed by atoms with E-state index in [2.05, 4.69) is 15.7 Å². The average molecular weight is 208 g/mol. The maximum Gasteiger partial charge on any atom is 0.271 e. The van der Waals surface area contributed by atoms with Gasteiger partial charge in [-0.1, -0.05) is 0 Å². The van der Waals surface area contributed by atoms with E-state index in [1.165, 1.54) is 0 Å². The molecule has 0 spiro atoms. The number of fused-ring (bicyclic) bond motifs is 1. The van der Waals surface area contributed by atoms with E-state index >= 15 is 0 Å². The zero-order chi connectivity index (χ0) is 10.3. The lowest BCUT2D eigenvalue weighted by Gasteiger charge is -2.23. The van der Waals surface area contributed by atoms with Crippen LogP contribution in [0.25, 0.3) is 0 Å². The van der Waals surface area contributed by atoms with E-state index in [1.54, 1.807) is 0 Å². The van der Waals surface area contributed by atoms with Gasteiger partial charge in [0.1, 0.15) is 0 Å². The summed E-state index contributed by atoms with van der Waals surface area (Å²) in [6.07, 6.45) is 2.25. The van der Waals surface area contributed by atoms with Crippen LogP contribution in [0.5, 0.6) is 0 Å². The van der Waals surface area contributed by atoms with Crippen molar-refractivity contribution < 1.29 is 0 Å². The SMILES string of the molecule is O=c1c2c([nH]n1C1CCCNC1)CNC2.